The van der Waals surface area contributed by atoms with E-state index in [4.69, 9.17) is 0 Å². The fourth-order valence-corrected chi connectivity index (χ4v) is 4.46. The lowest BCUT2D eigenvalue weighted by atomic mass is 9.84. The summed E-state index contributed by atoms with van der Waals surface area (Å²) in [6.07, 6.45) is 13.6. The summed E-state index contributed by atoms with van der Waals surface area (Å²) < 4.78 is 0. The van der Waals surface area contributed by atoms with Crippen LogP contribution < -0.4 is 5.32 Å². The first kappa shape index (κ1) is 12.0. The summed E-state index contributed by atoms with van der Waals surface area (Å²) in [5.74, 6) is 4.41. The molecule has 17 heavy (non-hydrogen) atoms. The quantitative estimate of drug-likeness (QED) is 0.704. The Labute approximate surface area is 107 Å². The third-order valence-corrected chi connectivity index (χ3v) is 5.58. The lowest BCUT2D eigenvalue weighted by molar-refractivity contribution is 0.285. The lowest BCUT2D eigenvalue weighted by Crippen LogP contribution is -2.32. The Morgan fingerprint density at radius 3 is 2.59 bits per heavy atom. The third-order valence-electron chi connectivity index (χ3n) is 5.58. The minimum absolute atomic E-state index is 0.870. The molecule has 4 atom stereocenters. The molecule has 2 bridgehead atoms. The van der Waals surface area contributed by atoms with Gasteiger partial charge in [-0.15, -0.1) is 0 Å². The van der Waals surface area contributed by atoms with Crippen molar-refractivity contribution in [1.29, 1.82) is 0 Å². The van der Waals surface area contributed by atoms with E-state index in [2.05, 4.69) is 12.2 Å². The van der Waals surface area contributed by atoms with Crippen molar-refractivity contribution in [2.24, 2.45) is 23.7 Å². The smallest absolute Gasteiger partial charge is 0.00954 e. The SMILES string of the molecule is CCCNC(CCC1CC2CCC1C2)C1CC1. The van der Waals surface area contributed by atoms with Crippen molar-refractivity contribution >= 4 is 0 Å². The van der Waals surface area contributed by atoms with Crippen molar-refractivity contribution in [3.63, 3.8) is 0 Å². The molecule has 0 aromatic carbocycles. The molecule has 1 N–H and O–H groups in total. The summed E-state index contributed by atoms with van der Waals surface area (Å²) in [4.78, 5) is 0. The maximum absolute atomic E-state index is 3.80. The van der Waals surface area contributed by atoms with Gasteiger partial charge in [-0.3, -0.25) is 0 Å². The molecule has 3 aliphatic carbocycles. The van der Waals surface area contributed by atoms with Crippen LogP contribution in [0.4, 0.5) is 0 Å². The molecule has 98 valence electrons. The molecular formula is C16H29N. The highest BCUT2D eigenvalue weighted by Gasteiger charge is 2.40. The van der Waals surface area contributed by atoms with Gasteiger partial charge < -0.3 is 5.32 Å². The molecule has 0 amide bonds. The Hall–Kier alpha value is -0.0400. The van der Waals surface area contributed by atoms with Crippen LogP contribution >= 0.6 is 0 Å². The van der Waals surface area contributed by atoms with E-state index in [9.17, 15) is 0 Å². The molecule has 3 rings (SSSR count). The number of hydrogen-bond donors (Lipinski definition) is 1. The van der Waals surface area contributed by atoms with Gasteiger partial charge in [0.2, 0.25) is 0 Å². The molecule has 0 saturated heterocycles. The Morgan fingerprint density at radius 2 is 2.00 bits per heavy atom. The highest BCUT2D eigenvalue weighted by molar-refractivity contribution is 4.92. The largest absolute Gasteiger partial charge is 0.314 e. The second kappa shape index (κ2) is 5.30. The highest BCUT2D eigenvalue weighted by Crippen LogP contribution is 2.50. The highest BCUT2D eigenvalue weighted by atomic mass is 14.9. The number of hydrogen-bond acceptors (Lipinski definition) is 1. The van der Waals surface area contributed by atoms with Crippen LogP contribution in [0.15, 0.2) is 0 Å². The van der Waals surface area contributed by atoms with Crippen molar-refractivity contribution in [3.8, 4) is 0 Å². The number of fused-ring (bicyclic) bond motifs is 2. The monoisotopic (exact) mass is 235 g/mol. The van der Waals surface area contributed by atoms with Gasteiger partial charge in [0.05, 0.1) is 0 Å². The van der Waals surface area contributed by atoms with Crippen molar-refractivity contribution in [3.05, 3.63) is 0 Å². The minimum atomic E-state index is 0.870. The molecule has 1 heteroatoms. The lowest BCUT2D eigenvalue weighted by Gasteiger charge is -2.25. The van der Waals surface area contributed by atoms with Gasteiger partial charge in [-0.2, -0.15) is 0 Å². The first-order valence-corrected chi connectivity index (χ1v) is 8.10. The van der Waals surface area contributed by atoms with E-state index < -0.39 is 0 Å². The molecule has 0 aromatic heterocycles. The Bertz CT molecular complexity index is 246. The molecule has 0 heterocycles. The molecule has 0 aliphatic heterocycles. The van der Waals surface area contributed by atoms with Gasteiger partial charge in [0.25, 0.3) is 0 Å². The van der Waals surface area contributed by atoms with E-state index >= 15 is 0 Å². The molecule has 3 fully saturated rings. The number of rotatable bonds is 7. The van der Waals surface area contributed by atoms with Crippen molar-refractivity contribution in [1.82, 2.24) is 5.32 Å². The summed E-state index contributed by atoms with van der Waals surface area (Å²) in [6.45, 7) is 3.52. The predicted molar refractivity (Wildman–Crippen MR) is 73.0 cm³/mol. The third kappa shape index (κ3) is 2.86. The minimum Gasteiger partial charge on any atom is -0.314 e. The fourth-order valence-electron chi connectivity index (χ4n) is 4.46. The van der Waals surface area contributed by atoms with E-state index in [-0.39, 0.29) is 0 Å². The average Bonchev–Trinajstić information content (AvgIpc) is 2.98. The van der Waals surface area contributed by atoms with Crippen LogP contribution in [0.3, 0.4) is 0 Å². The molecule has 4 unspecified atom stereocenters. The first-order chi connectivity index (χ1) is 8.36. The average molecular weight is 235 g/mol. The van der Waals surface area contributed by atoms with Gasteiger partial charge in [-0.05, 0) is 81.6 Å². The maximum Gasteiger partial charge on any atom is 0.00954 e. The van der Waals surface area contributed by atoms with Crippen molar-refractivity contribution in [2.45, 2.75) is 70.8 Å². The van der Waals surface area contributed by atoms with Crippen LogP contribution in [0.25, 0.3) is 0 Å². The Morgan fingerprint density at radius 1 is 1.12 bits per heavy atom. The van der Waals surface area contributed by atoms with Crippen molar-refractivity contribution in [2.75, 3.05) is 6.54 Å². The van der Waals surface area contributed by atoms with Gasteiger partial charge in [0.1, 0.15) is 0 Å². The zero-order valence-electron chi connectivity index (χ0n) is 11.5. The summed E-state index contributed by atoms with van der Waals surface area (Å²) >= 11 is 0. The summed E-state index contributed by atoms with van der Waals surface area (Å²) in [7, 11) is 0. The van der Waals surface area contributed by atoms with Crippen LogP contribution in [0.5, 0.6) is 0 Å². The van der Waals surface area contributed by atoms with Gasteiger partial charge in [0.15, 0.2) is 0 Å². The van der Waals surface area contributed by atoms with Gasteiger partial charge in [-0.25, -0.2) is 0 Å². The second-order valence-electron chi connectivity index (χ2n) is 6.91. The molecule has 1 nitrogen and oxygen atoms in total. The summed E-state index contributed by atoms with van der Waals surface area (Å²) in [5, 5.41) is 3.80. The van der Waals surface area contributed by atoms with Crippen LogP contribution in [-0.4, -0.2) is 12.6 Å². The summed E-state index contributed by atoms with van der Waals surface area (Å²) in [6, 6.07) is 0.870. The standard InChI is InChI=1S/C16H29N/c1-2-9-17-16(13-5-6-13)8-7-15-11-12-3-4-14(15)10-12/h12-17H,2-11H2,1H3. The zero-order chi connectivity index (χ0) is 11.7. The Balaban J connectivity index is 1.42. The predicted octanol–water partition coefficient (Wildman–Crippen LogP) is 3.98. The normalized spacial score (nSPS) is 37.6. The molecule has 0 spiro atoms. The van der Waals surface area contributed by atoms with E-state index in [0.717, 1.165) is 29.7 Å². The molecule has 0 aromatic rings. The van der Waals surface area contributed by atoms with Crippen LogP contribution in [0.2, 0.25) is 0 Å². The fraction of sp³-hybridized carbons (Fsp3) is 1.00. The van der Waals surface area contributed by atoms with Crippen LogP contribution in [0.1, 0.15) is 64.7 Å². The van der Waals surface area contributed by atoms with Gasteiger partial charge in [-0.1, -0.05) is 13.3 Å². The zero-order valence-corrected chi connectivity index (χ0v) is 11.5. The van der Waals surface area contributed by atoms with Gasteiger partial charge >= 0.3 is 0 Å². The molecular weight excluding hydrogens is 206 g/mol. The van der Waals surface area contributed by atoms with E-state index in [0.29, 0.717) is 0 Å². The van der Waals surface area contributed by atoms with Crippen LogP contribution in [-0.2, 0) is 0 Å². The van der Waals surface area contributed by atoms with Crippen LogP contribution in [0, 0.1) is 23.7 Å². The first-order valence-electron chi connectivity index (χ1n) is 8.10. The maximum atomic E-state index is 3.80. The van der Waals surface area contributed by atoms with Crippen molar-refractivity contribution < 1.29 is 0 Å². The van der Waals surface area contributed by atoms with E-state index in [1.165, 1.54) is 38.6 Å². The molecule has 3 aliphatic rings. The number of nitrogens with one attached hydrogen (secondary N) is 1. The summed E-state index contributed by atoms with van der Waals surface area (Å²) in [5.41, 5.74) is 0. The van der Waals surface area contributed by atoms with E-state index in [1.807, 2.05) is 0 Å². The van der Waals surface area contributed by atoms with E-state index in [1.54, 1.807) is 25.7 Å². The molecule has 0 radical (unpaired) electrons. The van der Waals surface area contributed by atoms with Gasteiger partial charge in [0, 0.05) is 6.04 Å². The second-order valence-corrected chi connectivity index (χ2v) is 6.91. The Kier molecular flexibility index (Phi) is 3.75. The molecule has 3 saturated carbocycles. The topological polar surface area (TPSA) is 12.0 Å².